The third-order valence-electron chi connectivity index (χ3n) is 5.66. The lowest BCUT2D eigenvalue weighted by Gasteiger charge is -2.30. The molecule has 1 amide bonds. The summed E-state index contributed by atoms with van der Waals surface area (Å²) in [5.74, 6) is -0.0485. The lowest BCUT2D eigenvalue weighted by molar-refractivity contribution is -0.120. The fourth-order valence-electron chi connectivity index (χ4n) is 4.03. The largest absolute Gasteiger partial charge is 0.360 e. The van der Waals surface area contributed by atoms with Crippen LogP contribution in [0, 0.1) is 19.8 Å². The van der Waals surface area contributed by atoms with Crippen LogP contribution in [0.1, 0.15) is 24.3 Å². The van der Waals surface area contributed by atoms with Crippen molar-refractivity contribution in [2.45, 2.75) is 31.6 Å². The maximum atomic E-state index is 13.0. The van der Waals surface area contributed by atoms with Crippen molar-refractivity contribution in [1.29, 1.82) is 0 Å². The molecule has 31 heavy (non-hydrogen) atoms. The number of carbonyl (C=O) groups is 1. The summed E-state index contributed by atoms with van der Waals surface area (Å²) in [4.78, 5) is 13.1. The second kappa shape index (κ2) is 8.64. The summed E-state index contributed by atoms with van der Waals surface area (Å²) in [6.07, 6.45) is 0.921. The topological polar surface area (TPSA) is 92.5 Å². The minimum absolute atomic E-state index is 0.0854. The molecule has 0 unspecified atom stereocenters. The Bertz CT molecular complexity index is 1160. The third-order valence-corrected chi connectivity index (χ3v) is 7.80. The third kappa shape index (κ3) is 4.26. The van der Waals surface area contributed by atoms with Crippen LogP contribution >= 0.6 is 0 Å². The van der Waals surface area contributed by atoms with Crippen molar-refractivity contribution in [2.24, 2.45) is 5.92 Å². The lowest BCUT2D eigenvalue weighted by atomic mass is 9.96. The molecule has 1 saturated heterocycles. The van der Waals surface area contributed by atoms with Gasteiger partial charge in [-0.25, -0.2) is 8.42 Å². The van der Waals surface area contributed by atoms with E-state index in [1.54, 1.807) is 13.8 Å². The van der Waals surface area contributed by atoms with Gasteiger partial charge in [0.2, 0.25) is 15.9 Å². The van der Waals surface area contributed by atoms with Crippen LogP contribution in [-0.2, 0) is 14.8 Å². The molecule has 0 bridgehead atoms. The van der Waals surface area contributed by atoms with E-state index in [2.05, 4.69) is 10.5 Å². The molecule has 1 fully saturated rings. The molecule has 1 aromatic heterocycles. The minimum atomic E-state index is -3.69. The van der Waals surface area contributed by atoms with Crippen LogP contribution in [0.2, 0.25) is 0 Å². The van der Waals surface area contributed by atoms with Crippen molar-refractivity contribution in [3.05, 3.63) is 66.1 Å². The number of hydrogen-bond donors (Lipinski definition) is 1. The Labute approximate surface area is 182 Å². The van der Waals surface area contributed by atoms with Crippen molar-refractivity contribution in [3.63, 3.8) is 0 Å². The molecule has 1 N–H and O–H groups in total. The van der Waals surface area contributed by atoms with Gasteiger partial charge in [-0.2, -0.15) is 4.31 Å². The van der Waals surface area contributed by atoms with Crippen LogP contribution in [0.5, 0.6) is 0 Å². The first kappa shape index (κ1) is 21.3. The lowest BCUT2D eigenvalue weighted by Crippen LogP contribution is -2.41. The summed E-state index contributed by atoms with van der Waals surface area (Å²) < 4.78 is 32.4. The Hall–Kier alpha value is -2.97. The van der Waals surface area contributed by atoms with E-state index < -0.39 is 10.0 Å². The number of nitrogens with zero attached hydrogens (tertiary/aromatic N) is 2. The van der Waals surface area contributed by atoms with Crippen molar-refractivity contribution < 1.29 is 17.7 Å². The highest BCUT2D eigenvalue weighted by molar-refractivity contribution is 7.89. The molecular formula is C23H25N3O4S. The number of sulfonamides is 1. The average Bonchev–Trinajstić information content (AvgIpc) is 3.13. The Kier molecular flexibility index (Phi) is 5.93. The molecule has 0 aliphatic carbocycles. The second-order valence-corrected chi connectivity index (χ2v) is 9.61. The first-order valence-corrected chi connectivity index (χ1v) is 11.7. The molecule has 1 aliphatic heterocycles. The maximum Gasteiger partial charge on any atom is 0.248 e. The minimum Gasteiger partial charge on any atom is -0.360 e. The predicted molar refractivity (Wildman–Crippen MR) is 118 cm³/mol. The zero-order chi connectivity index (χ0) is 22.0. The number of nitrogens with one attached hydrogen (secondary N) is 1. The van der Waals surface area contributed by atoms with Gasteiger partial charge in [-0.1, -0.05) is 53.7 Å². The van der Waals surface area contributed by atoms with Crippen molar-refractivity contribution in [2.75, 3.05) is 18.4 Å². The van der Waals surface area contributed by atoms with Gasteiger partial charge in [0.1, 0.15) is 10.6 Å². The van der Waals surface area contributed by atoms with Gasteiger partial charge in [0.15, 0.2) is 5.76 Å². The Morgan fingerprint density at radius 2 is 1.68 bits per heavy atom. The van der Waals surface area contributed by atoms with E-state index in [1.807, 2.05) is 54.6 Å². The molecule has 0 atom stereocenters. The van der Waals surface area contributed by atoms with Gasteiger partial charge < -0.3 is 9.84 Å². The van der Waals surface area contributed by atoms with Gasteiger partial charge in [0.05, 0.1) is 0 Å². The van der Waals surface area contributed by atoms with E-state index in [0.29, 0.717) is 18.5 Å². The molecule has 0 radical (unpaired) electrons. The van der Waals surface area contributed by atoms with E-state index >= 15 is 0 Å². The summed E-state index contributed by atoms with van der Waals surface area (Å²) in [7, 11) is -3.69. The summed E-state index contributed by atoms with van der Waals surface area (Å²) >= 11 is 0. The zero-order valence-corrected chi connectivity index (χ0v) is 18.4. The number of piperidine rings is 1. The second-order valence-electron chi connectivity index (χ2n) is 7.73. The molecule has 3 aromatic rings. The predicted octanol–water partition coefficient (Wildman–Crippen LogP) is 4.00. The normalized spacial score (nSPS) is 15.7. The molecule has 1 aliphatic rings. The van der Waals surface area contributed by atoms with Gasteiger partial charge in [-0.3, -0.25) is 4.79 Å². The molecule has 0 spiro atoms. The molecule has 4 rings (SSSR count). The number of benzene rings is 2. The van der Waals surface area contributed by atoms with Gasteiger partial charge in [0, 0.05) is 30.3 Å². The number of anilines is 1. The molecular weight excluding hydrogens is 414 g/mol. The van der Waals surface area contributed by atoms with Gasteiger partial charge in [-0.15, -0.1) is 0 Å². The fourth-order valence-corrected chi connectivity index (χ4v) is 5.79. The number of amides is 1. The number of hydrogen-bond acceptors (Lipinski definition) is 5. The first-order chi connectivity index (χ1) is 14.9. The molecule has 2 aromatic carbocycles. The van der Waals surface area contributed by atoms with Gasteiger partial charge in [0.25, 0.3) is 0 Å². The highest BCUT2D eigenvalue weighted by Gasteiger charge is 2.35. The molecule has 7 nitrogen and oxygen atoms in total. The number of rotatable bonds is 5. The van der Waals surface area contributed by atoms with Crippen LogP contribution in [0.3, 0.4) is 0 Å². The first-order valence-electron chi connectivity index (χ1n) is 10.3. The van der Waals surface area contributed by atoms with Crippen molar-refractivity contribution >= 4 is 21.6 Å². The van der Waals surface area contributed by atoms with E-state index in [4.69, 9.17) is 4.52 Å². The molecule has 0 saturated carbocycles. The fraction of sp³-hybridized carbons (Fsp3) is 0.304. The van der Waals surface area contributed by atoms with Crippen LogP contribution in [0.4, 0.5) is 5.69 Å². The van der Waals surface area contributed by atoms with Crippen molar-refractivity contribution in [3.8, 4) is 11.1 Å². The quantitative estimate of drug-likeness (QED) is 0.649. The smallest absolute Gasteiger partial charge is 0.248 e. The van der Waals surface area contributed by atoms with E-state index in [-0.39, 0.29) is 35.6 Å². The van der Waals surface area contributed by atoms with E-state index in [0.717, 1.165) is 16.8 Å². The Morgan fingerprint density at radius 1 is 1.03 bits per heavy atom. The van der Waals surface area contributed by atoms with Crippen LogP contribution < -0.4 is 5.32 Å². The summed E-state index contributed by atoms with van der Waals surface area (Å²) in [5, 5.41) is 6.80. The van der Waals surface area contributed by atoms with Crippen LogP contribution in [-0.4, -0.2) is 36.9 Å². The number of carbonyl (C=O) groups excluding carboxylic acids is 1. The van der Waals surface area contributed by atoms with Crippen LogP contribution in [0.25, 0.3) is 11.1 Å². The summed E-state index contributed by atoms with van der Waals surface area (Å²) in [5.41, 5.74) is 3.09. The number of aromatic nitrogens is 1. The zero-order valence-electron chi connectivity index (χ0n) is 17.5. The monoisotopic (exact) mass is 439 g/mol. The van der Waals surface area contributed by atoms with Crippen LogP contribution in [0.15, 0.2) is 64.0 Å². The Morgan fingerprint density at radius 3 is 2.32 bits per heavy atom. The highest BCUT2D eigenvalue weighted by atomic mass is 32.2. The Balaban J connectivity index is 1.44. The summed E-state index contributed by atoms with van der Waals surface area (Å²) in [6.45, 7) is 3.78. The molecule has 8 heteroatoms. The SMILES string of the molecule is Cc1noc(C)c1S(=O)(=O)N1CCC(C(=O)Nc2ccccc2-c2ccccc2)CC1. The van der Waals surface area contributed by atoms with Gasteiger partial charge in [-0.05, 0) is 38.3 Å². The molecule has 2 heterocycles. The average molecular weight is 440 g/mol. The summed E-state index contributed by atoms with van der Waals surface area (Å²) in [6, 6.07) is 17.6. The number of aryl methyl sites for hydroxylation is 2. The van der Waals surface area contributed by atoms with Gasteiger partial charge >= 0.3 is 0 Å². The number of para-hydroxylation sites is 1. The standard InChI is InChI=1S/C23H25N3O4S/c1-16-22(17(2)30-25-16)31(28,29)26-14-12-19(13-15-26)23(27)24-21-11-7-6-10-20(21)18-8-4-3-5-9-18/h3-11,19H,12-15H2,1-2H3,(H,24,27). The van der Waals surface area contributed by atoms with Crippen molar-refractivity contribution in [1.82, 2.24) is 9.46 Å². The van der Waals surface area contributed by atoms with E-state index in [1.165, 1.54) is 4.31 Å². The van der Waals surface area contributed by atoms with E-state index in [9.17, 15) is 13.2 Å². The molecule has 162 valence electrons. The maximum absolute atomic E-state index is 13.0. The highest BCUT2D eigenvalue weighted by Crippen LogP contribution is 2.30.